The van der Waals surface area contributed by atoms with E-state index in [9.17, 15) is 14.0 Å². The van der Waals surface area contributed by atoms with E-state index in [2.05, 4.69) is 0 Å². The van der Waals surface area contributed by atoms with E-state index < -0.39 is 11.8 Å². The molecule has 0 aromatic heterocycles. The Kier molecular flexibility index (Phi) is 5.29. The van der Waals surface area contributed by atoms with Gasteiger partial charge in [0.1, 0.15) is 17.3 Å². The number of benzene rings is 3. The van der Waals surface area contributed by atoms with Crippen molar-refractivity contribution in [1.29, 1.82) is 0 Å². The van der Waals surface area contributed by atoms with Crippen molar-refractivity contribution in [3.05, 3.63) is 94.5 Å². The molecule has 0 amide bonds. The lowest BCUT2D eigenvalue weighted by Gasteiger charge is -2.12. The van der Waals surface area contributed by atoms with Crippen LogP contribution in [0.3, 0.4) is 0 Å². The summed E-state index contributed by atoms with van der Waals surface area (Å²) in [6.07, 6.45) is 1.69. The molecule has 0 aliphatic carbocycles. The topological polar surface area (TPSA) is 55.8 Å². The molecule has 1 aliphatic heterocycles. The van der Waals surface area contributed by atoms with Crippen LogP contribution in [0.5, 0.6) is 11.5 Å². The van der Waals surface area contributed by atoms with Crippen LogP contribution in [0.4, 0.5) is 10.1 Å². The zero-order valence-electron chi connectivity index (χ0n) is 17.3. The van der Waals surface area contributed by atoms with E-state index in [1.807, 2.05) is 43.3 Å². The van der Waals surface area contributed by atoms with Crippen molar-refractivity contribution < 1.29 is 23.5 Å². The maximum absolute atomic E-state index is 13.1. The number of anilines is 1. The van der Waals surface area contributed by atoms with Gasteiger partial charge in [-0.1, -0.05) is 12.1 Å². The van der Waals surface area contributed by atoms with E-state index in [0.717, 1.165) is 11.3 Å². The van der Waals surface area contributed by atoms with Crippen molar-refractivity contribution in [2.75, 3.05) is 19.0 Å². The SMILES string of the molecule is Cc1c(OC(=O)c2ccc(F)cc2)ccc2c1O/C(=C\c1ccc(N(C)C)cc1)C2=O. The Hall–Kier alpha value is -3.93. The molecule has 0 fully saturated rings. The van der Waals surface area contributed by atoms with Gasteiger partial charge in [-0.05, 0) is 67.1 Å². The summed E-state index contributed by atoms with van der Waals surface area (Å²) in [5.74, 6) is -0.441. The second-order valence-corrected chi connectivity index (χ2v) is 7.39. The average molecular weight is 417 g/mol. The smallest absolute Gasteiger partial charge is 0.343 e. The molecule has 0 bridgehead atoms. The first-order valence-corrected chi connectivity index (χ1v) is 9.66. The predicted molar refractivity (Wildman–Crippen MR) is 116 cm³/mol. The molecule has 0 radical (unpaired) electrons. The van der Waals surface area contributed by atoms with Crippen LogP contribution >= 0.6 is 0 Å². The summed E-state index contributed by atoms with van der Waals surface area (Å²) < 4.78 is 24.3. The molecule has 0 N–H and O–H groups in total. The summed E-state index contributed by atoms with van der Waals surface area (Å²) in [4.78, 5) is 27.1. The van der Waals surface area contributed by atoms with E-state index in [0.29, 0.717) is 16.9 Å². The highest BCUT2D eigenvalue weighted by molar-refractivity contribution is 6.15. The van der Waals surface area contributed by atoms with Gasteiger partial charge < -0.3 is 14.4 Å². The Morgan fingerprint density at radius 2 is 1.68 bits per heavy atom. The second kappa shape index (κ2) is 8.07. The molecule has 4 rings (SSSR count). The number of hydrogen-bond acceptors (Lipinski definition) is 5. The number of ketones is 1. The number of Topliss-reactive ketones (excluding diaryl/α,β-unsaturated/α-hetero) is 1. The molecule has 0 unspecified atom stereocenters. The van der Waals surface area contributed by atoms with Gasteiger partial charge in [0.15, 0.2) is 5.76 Å². The van der Waals surface area contributed by atoms with Crippen LogP contribution in [0, 0.1) is 12.7 Å². The number of ether oxygens (including phenoxy) is 2. The molecule has 0 atom stereocenters. The van der Waals surface area contributed by atoms with Crippen molar-refractivity contribution in [2.24, 2.45) is 0 Å². The third kappa shape index (κ3) is 4.05. The summed E-state index contributed by atoms with van der Waals surface area (Å²) in [7, 11) is 3.91. The standard InChI is InChI=1S/C25H20FNO4/c1-15-21(31-25(29)17-6-8-18(26)9-7-17)13-12-20-23(28)22(30-24(15)20)14-16-4-10-19(11-5-16)27(2)3/h4-14H,1-3H3/b22-14-. The van der Waals surface area contributed by atoms with Gasteiger partial charge in [0.05, 0.1) is 11.1 Å². The molecule has 3 aromatic rings. The monoisotopic (exact) mass is 417 g/mol. The number of allylic oxidation sites excluding steroid dienone is 1. The summed E-state index contributed by atoms with van der Waals surface area (Å²) in [6.45, 7) is 1.72. The number of fused-ring (bicyclic) bond motifs is 1. The summed E-state index contributed by atoms with van der Waals surface area (Å²) in [6, 6.07) is 15.9. The lowest BCUT2D eigenvalue weighted by atomic mass is 10.1. The second-order valence-electron chi connectivity index (χ2n) is 7.39. The van der Waals surface area contributed by atoms with Crippen molar-refractivity contribution >= 4 is 23.5 Å². The Balaban J connectivity index is 1.57. The molecule has 5 nitrogen and oxygen atoms in total. The van der Waals surface area contributed by atoms with E-state index >= 15 is 0 Å². The largest absolute Gasteiger partial charge is 0.452 e. The van der Waals surface area contributed by atoms with E-state index in [-0.39, 0.29) is 22.9 Å². The number of nitrogens with zero attached hydrogens (tertiary/aromatic N) is 1. The maximum Gasteiger partial charge on any atom is 0.343 e. The van der Waals surface area contributed by atoms with E-state index in [1.54, 1.807) is 25.1 Å². The molecule has 1 heterocycles. The van der Waals surface area contributed by atoms with Gasteiger partial charge in [0, 0.05) is 25.3 Å². The van der Waals surface area contributed by atoms with Gasteiger partial charge in [-0.25, -0.2) is 9.18 Å². The van der Waals surface area contributed by atoms with Crippen LogP contribution in [0.25, 0.3) is 6.08 Å². The fourth-order valence-corrected chi connectivity index (χ4v) is 3.24. The number of rotatable bonds is 4. The van der Waals surface area contributed by atoms with Crippen molar-refractivity contribution in [1.82, 2.24) is 0 Å². The number of halogens is 1. The zero-order valence-corrected chi connectivity index (χ0v) is 17.3. The summed E-state index contributed by atoms with van der Waals surface area (Å²) in [5.41, 5.74) is 3.05. The first-order chi connectivity index (χ1) is 14.8. The quantitative estimate of drug-likeness (QED) is 0.338. The Morgan fingerprint density at radius 1 is 1.00 bits per heavy atom. The molecule has 0 saturated carbocycles. The molecule has 156 valence electrons. The molecule has 6 heteroatoms. The first-order valence-electron chi connectivity index (χ1n) is 9.66. The van der Waals surface area contributed by atoms with Crippen LogP contribution in [-0.4, -0.2) is 25.8 Å². The maximum atomic E-state index is 13.1. The fraction of sp³-hybridized carbons (Fsp3) is 0.120. The van der Waals surface area contributed by atoms with E-state index in [1.165, 1.54) is 24.3 Å². The fourth-order valence-electron chi connectivity index (χ4n) is 3.24. The average Bonchev–Trinajstić information content (AvgIpc) is 3.07. The lowest BCUT2D eigenvalue weighted by Crippen LogP contribution is -2.09. The normalized spacial score (nSPS) is 13.7. The molecular weight excluding hydrogens is 397 g/mol. The van der Waals surface area contributed by atoms with Crippen molar-refractivity contribution in [3.8, 4) is 11.5 Å². The third-order valence-electron chi connectivity index (χ3n) is 5.03. The van der Waals surface area contributed by atoms with Gasteiger partial charge in [-0.2, -0.15) is 0 Å². The van der Waals surface area contributed by atoms with Gasteiger partial charge in [-0.3, -0.25) is 4.79 Å². The van der Waals surface area contributed by atoms with E-state index in [4.69, 9.17) is 9.47 Å². The molecule has 31 heavy (non-hydrogen) atoms. The Bertz CT molecular complexity index is 1200. The number of carbonyl (C=O) groups is 2. The molecule has 0 spiro atoms. The van der Waals surface area contributed by atoms with Crippen LogP contribution in [0.15, 0.2) is 66.4 Å². The van der Waals surface area contributed by atoms with Crippen LogP contribution in [0.1, 0.15) is 31.8 Å². The summed E-state index contributed by atoms with van der Waals surface area (Å²) >= 11 is 0. The number of esters is 1. The predicted octanol–water partition coefficient (Wildman–Crippen LogP) is 5.04. The zero-order chi connectivity index (χ0) is 22.1. The first kappa shape index (κ1) is 20.3. The molecule has 3 aromatic carbocycles. The number of hydrogen-bond donors (Lipinski definition) is 0. The lowest BCUT2D eigenvalue weighted by molar-refractivity contribution is 0.0733. The Labute approximate surface area is 179 Å². The van der Waals surface area contributed by atoms with Crippen LogP contribution < -0.4 is 14.4 Å². The highest BCUT2D eigenvalue weighted by atomic mass is 19.1. The van der Waals surface area contributed by atoms with Gasteiger partial charge >= 0.3 is 5.97 Å². The molecule has 0 saturated heterocycles. The minimum absolute atomic E-state index is 0.206. The third-order valence-corrected chi connectivity index (χ3v) is 5.03. The van der Waals surface area contributed by atoms with Gasteiger partial charge in [-0.15, -0.1) is 0 Å². The highest BCUT2D eigenvalue weighted by Crippen LogP contribution is 2.39. The minimum atomic E-state index is -0.621. The number of carbonyl (C=O) groups excluding carboxylic acids is 2. The van der Waals surface area contributed by atoms with Crippen LogP contribution in [0.2, 0.25) is 0 Å². The Morgan fingerprint density at radius 3 is 2.32 bits per heavy atom. The van der Waals surface area contributed by atoms with Crippen LogP contribution in [-0.2, 0) is 0 Å². The van der Waals surface area contributed by atoms with Crippen molar-refractivity contribution in [2.45, 2.75) is 6.92 Å². The van der Waals surface area contributed by atoms with Gasteiger partial charge in [0.25, 0.3) is 0 Å². The highest BCUT2D eigenvalue weighted by Gasteiger charge is 2.30. The minimum Gasteiger partial charge on any atom is -0.452 e. The van der Waals surface area contributed by atoms with Crippen molar-refractivity contribution in [3.63, 3.8) is 0 Å². The molecule has 1 aliphatic rings. The molecular formula is C25H20FNO4. The summed E-state index contributed by atoms with van der Waals surface area (Å²) in [5, 5.41) is 0. The van der Waals surface area contributed by atoms with Gasteiger partial charge in [0.2, 0.25) is 5.78 Å².